The van der Waals surface area contributed by atoms with Gasteiger partial charge in [0, 0.05) is 122 Å². The summed E-state index contributed by atoms with van der Waals surface area (Å²) >= 11 is 0. The third-order valence-electron chi connectivity index (χ3n) is 18.7. The van der Waals surface area contributed by atoms with E-state index in [0.29, 0.717) is 5.56 Å². The Morgan fingerprint density at radius 1 is 0.253 bits per heavy atom. The Morgan fingerprint density at radius 2 is 0.516 bits per heavy atom. The lowest BCUT2D eigenvalue weighted by molar-refractivity contribution is 1.17. The molecule has 0 bridgehead atoms. The van der Waals surface area contributed by atoms with Gasteiger partial charge in [-0.2, -0.15) is 5.26 Å². The van der Waals surface area contributed by atoms with Crippen LogP contribution in [0.4, 0.5) is 0 Å². The van der Waals surface area contributed by atoms with Crippen LogP contribution in [0.25, 0.3) is 166 Å². The first kappa shape index (κ1) is 51.9. The average Bonchev–Trinajstić information content (AvgIpc) is 1.69. The molecule has 0 fully saturated rings. The van der Waals surface area contributed by atoms with Gasteiger partial charge in [0.05, 0.1) is 55.4 Å². The van der Waals surface area contributed by atoms with E-state index in [0.717, 1.165) is 171 Å². The second-order valence-corrected chi connectivity index (χ2v) is 23.6. The predicted molar refractivity (Wildman–Crippen MR) is 378 cm³/mol. The molecule has 6 nitrogen and oxygen atoms in total. The van der Waals surface area contributed by atoms with Gasteiger partial charge in [-0.1, -0.05) is 224 Å². The van der Waals surface area contributed by atoms with E-state index in [1.54, 1.807) is 0 Å². The number of aromatic nitrogens is 5. The van der Waals surface area contributed by atoms with Crippen molar-refractivity contribution in [2.45, 2.75) is 6.92 Å². The van der Waals surface area contributed by atoms with Gasteiger partial charge in [-0.15, -0.1) is 0 Å². The van der Waals surface area contributed by atoms with E-state index >= 15 is 0 Å². The number of hydrogen-bond donors (Lipinski definition) is 0. The summed E-state index contributed by atoms with van der Waals surface area (Å²) in [4.78, 5) is 5.70. The predicted octanol–water partition coefficient (Wildman–Crippen LogP) is 22.0. The maximum Gasteiger partial charge on any atom is 0.100 e. The van der Waals surface area contributed by atoms with Crippen molar-refractivity contribution in [2.24, 2.45) is 0 Å². The third kappa shape index (κ3) is 7.75. The largest absolute Gasteiger partial charge is 0.309 e. The van der Waals surface area contributed by atoms with Gasteiger partial charge in [0.15, 0.2) is 0 Å². The van der Waals surface area contributed by atoms with E-state index in [1.807, 2.05) is 0 Å². The van der Waals surface area contributed by atoms with Gasteiger partial charge < -0.3 is 18.3 Å². The lowest BCUT2D eigenvalue weighted by atomic mass is 9.75. The van der Waals surface area contributed by atoms with Crippen LogP contribution in [-0.4, -0.2) is 23.3 Å². The number of benzene rings is 13. The van der Waals surface area contributed by atoms with Crippen LogP contribution in [0.5, 0.6) is 0 Å². The zero-order valence-corrected chi connectivity index (χ0v) is 49.6. The van der Waals surface area contributed by atoms with Crippen LogP contribution in [-0.2, 0) is 0 Å². The number of nitrogens with zero attached hydrogens (tertiary/aromatic N) is 6. The Balaban J connectivity index is 1.18. The zero-order valence-electron chi connectivity index (χ0n) is 49.6. The van der Waals surface area contributed by atoms with Crippen molar-refractivity contribution in [1.82, 2.24) is 23.3 Å². The minimum Gasteiger partial charge on any atom is -0.309 e. The van der Waals surface area contributed by atoms with Crippen LogP contribution >= 0.6 is 0 Å². The Morgan fingerprint density at radius 3 is 0.835 bits per heavy atom. The quantitative estimate of drug-likeness (QED) is 0.145. The first-order chi connectivity index (χ1) is 45.1. The van der Waals surface area contributed by atoms with E-state index in [4.69, 9.17) is 4.98 Å². The molecule has 5 aromatic heterocycles. The van der Waals surface area contributed by atoms with Crippen molar-refractivity contribution < 1.29 is 0 Å². The molecule has 0 aliphatic carbocycles. The molecule has 424 valence electrons. The van der Waals surface area contributed by atoms with Crippen LogP contribution in [0.3, 0.4) is 0 Å². The summed E-state index contributed by atoms with van der Waals surface area (Å²) in [7, 11) is 0. The van der Waals surface area contributed by atoms with Crippen molar-refractivity contribution >= 4 is 87.2 Å². The topological polar surface area (TPSA) is 56.4 Å². The maximum atomic E-state index is 13.3. The fourth-order valence-electron chi connectivity index (χ4n) is 15.1. The smallest absolute Gasteiger partial charge is 0.100 e. The number of fused-ring (bicyclic) bond motifs is 12. The van der Waals surface area contributed by atoms with Crippen molar-refractivity contribution in [3.63, 3.8) is 0 Å². The molecule has 0 spiro atoms. The lowest BCUT2D eigenvalue weighted by Crippen LogP contribution is -2.07. The number of pyridine rings is 1. The number of rotatable bonds is 9. The minimum absolute atomic E-state index is 0.530. The monoisotopic (exact) mass is 1160 g/mol. The molecule has 0 N–H and O–H groups in total. The van der Waals surface area contributed by atoms with E-state index in [9.17, 15) is 5.26 Å². The van der Waals surface area contributed by atoms with Crippen molar-refractivity contribution in [1.29, 1.82) is 5.26 Å². The van der Waals surface area contributed by atoms with E-state index in [2.05, 4.69) is 341 Å². The normalized spacial score (nSPS) is 11.8. The summed E-state index contributed by atoms with van der Waals surface area (Å²) in [6.45, 7) is 2.08. The molecule has 0 aliphatic rings. The van der Waals surface area contributed by atoms with Crippen LogP contribution < -0.4 is 0 Å². The number of nitriles is 1. The summed E-state index contributed by atoms with van der Waals surface area (Å²) in [5, 5.41) is 22.1. The molecule has 91 heavy (non-hydrogen) atoms. The minimum atomic E-state index is 0.530. The Labute approximate surface area is 524 Å². The van der Waals surface area contributed by atoms with Gasteiger partial charge in [0.25, 0.3) is 0 Å². The maximum absolute atomic E-state index is 13.3. The first-order valence-electron chi connectivity index (χ1n) is 31.0. The molecule has 5 heterocycles. The molecule has 0 saturated carbocycles. The molecular formula is C85H54N6. The highest BCUT2D eigenvalue weighted by atomic mass is 15.0. The standard InChI is InChI=1S/C85H54N6/c1-54-27-22-48-72(87-54)81-78(68-45-24-41-64-60-37-15-19-50-74(60)89(83(64)68)56-30-8-3-9-31-56)71(53-86)77(67-44-23-40-63-59-36-14-18-49-73(59)88(82(63)67)55-28-6-2-7-29-55)79(69-46-25-42-65-61-38-16-20-51-75(61)90(84(65)69)57-32-10-4-11-33-57)80(81)70-47-26-43-66-62-39-17-21-52-76(62)91(85(66)70)58-34-12-5-13-35-58/h2-52H,1H3. The van der Waals surface area contributed by atoms with Crippen molar-refractivity contribution in [2.75, 3.05) is 0 Å². The van der Waals surface area contributed by atoms with Gasteiger partial charge in [-0.05, 0) is 91.9 Å². The molecule has 0 amide bonds. The summed E-state index contributed by atoms with van der Waals surface area (Å²) < 4.78 is 9.73. The van der Waals surface area contributed by atoms with E-state index < -0.39 is 0 Å². The van der Waals surface area contributed by atoms with Crippen LogP contribution in [0.1, 0.15) is 11.3 Å². The number of hydrogen-bond acceptors (Lipinski definition) is 2. The average molecular weight is 1160 g/mol. The molecule has 0 aliphatic heterocycles. The van der Waals surface area contributed by atoms with Gasteiger partial charge in [-0.3, -0.25) is 4.98 Å². The van der Waals surface area contributed by atoms with Crippen molar-refractivity contribution in [3.05, 3.63) is 321 Å². The molecule has 13 aromatic carbocycles. The van der Waals surface area contributed by atoms with Crippen LogP contribution in [0, 0.1) is 18.3 Å². The molecular weight excluding hydrogens is 1100 g/mol. The number of aryl methyl sites for hydroxylation is 1. The highest BCUT2D eigenvalue weighted by Crippen LogP contribution is 2.58. The number of para-hydroxylation sites is 12. The Hall–Kier alpha value is -12.3. The summed E-state index contributed by atoms with van der Waals surface area (Å²) in [6, 6.07) is 115. The molecule has 6 heteroatoms. The van der Waals surface area contributed by atoms with Crippen molar-refractivity contribution in [3.8, 4) is 84.6 Å². The van der Waals surface area contributed by atoms with Crippen LogP contribution in [0.2, 0.25) is 0 Å². The first-order valence-corrected chi connectivity index (χ1v) is 31.0. The molecule has 18 rings (SSSR count). The summed E-state index contributed by atoms with van der Waals surface area (Å²) in [5.41, 5.74) is 22.7. The molecule has 18 aromatic rings. The molecule has 0 atom stereocenters. The second-order valence-electron chi connectivity index (χ2n) is 23.6. The van der Waals surface area contributed by atoms with Gasteiger partial charge in [-0.25, -0.2) is 0 Å². The molecule has 0 radical (unpaired) electrons. The fraction of sp³-hybridized carbons (Fsp3) is 0.0118. The Bertz CT molecular complexity index is 6020. The van der Waals surface area contributed by atoms with E-state index in [1.165, 1.54) is 0 Å². The SMILES string of the molecule is Cc1cccc(-c2c(-c3cccc4c5ccccc5n(-c5ccccc5)c34)c(C#N)c(-c3cccc4c5ccccc5n(-c5ccccc5)c34)c(-c3cccc4c5ccccc5n(-c5ccccc5)c34)c2-c2cccc3c4ccccc4n(-c4ccccc4)c23)n1. The lowest BCUT2D eigenvalue weighted by Gasteiger charge is -2.28. The Kier molecular flexibility index (Phi) is 11.8. The summed E-state index contributed by atoms with van der Waals surface area (Å²) in [6.07, 6.45) is 0. The van der Waals surface area contributed by atoms with E-state index in [-0.39, 0.29) is 0 Å². The van der Waals surface area contributed by atoms with Gasteiger partial charge in [0.2, 0.25) is 0 Å². The third-order valence-corrected chi connectivity index (χ3v) is 18.7. The van der Waals surface area contributed by atoms with Gasteiger partial charge >= 0.3 is 0 Å². The summed E-state index contributed by atoms with van der Waals surface area (Å²) in [5.74, 6) is 0. The molecule has 0 saturated heterocycles. The molecule has 0 unspecified atom stereocenters. The highest BCUT2D eigenvalue weighted by molar-refractivity contribution is 6.26. The second kappa shape index (κ2) is 20.7. The zero-order chi connectivity index (χ0) is 60.3. The fourth-order valence-corrected chi connectivity index (χ4v) is 15.1. The van der Waals surface area contributed by atoms with Crippen LogP contribution in [0.15, 0.2) is 309 Å². The highest BCUT2D eigenvalue weighted by Gasteiger charge is 2.35. The van der Waals surface area contributed by atoms with Gasteiger partial charge in [0.1, 0.15) is 6.07 Å².